The molecule has 0 atom stereocenters. The highest BCUT2D eigenvalue weighted by atomic mass is 35.5. The number of para-hydroxylation sites is 1. The van der Waals surface area contributed by atoms with Gasteiger partial charge in [-0.05, 0) is 157 Å². The molecule has 1 N–H and O–H groups in total. The number of aliphatic hydroxyl groups excluding tert-OH is 1. The van der Waals surface area contributed by atoms with E-state index in [1.54, 1.807) is 34.8 Å². The summed E-state index contributed by atoms with van der Waals surface area (Å²) < 4.78 is 10.8. The number of hydrogen-bond acceptors (Lipinski definition) is 11. The molecule has 0 saturated carbocycles. The summed E-state index contributed by atoms with van der Waals surface area (Å²) in [6, 6.07) is 33.3. The average Bonchev–Trinajstić information content (AvgIpc) is 4.23. The summed E-state index contributed by atoms with van der Waals surface area (Å²) in [5, 5.41) is 14.0. The Morgan fingerprint density at radius 3 is 1.51 bits per heavy atom. The van der Waals surface area contributed by atoms with Gasteiger partial charge in [-0.3, -0.25) is 24.5 Å². The Labute approximate surface area is 450 Å². The number of benzene rings is 3. The molecule has 7 aromatic rings. The SMILES string of the molecule is CC(C)(C)c1cc(-c2csc(-c3ccc(CC(=O)OCCN4CCCC4)cc3Cl)c2)ccn1.CC(C)(C)c1cc(-c2csc(-c3ccc(CC(=O)Oc4ccccc4)cc3Cl)c2)ccn1.OCCN1CCCC1. The second kappa shape index (κ2) is 26.3. The number of likely N-dealkylation sites (tertiary alicyclic amines) is 2. The van der Waals surface area contributed by atoms with Crippen LogP contribution in [0.2, 0.25) is 10.0 Å². The lowest BCUT2D eigenvalue weighted by molar-refractivity contribution is -0.143. The zero-order chi connectivity index (χ0) is 52.0. The lowest BCUT2D eigenvalue weighted by atomic mass is 9.90. The van der Waals surface area contributed by atoms with Gasteiger partial charge in [0, 0.05) is 78.6 Å². The van der Waals surface area contributed by atoms with E-state index in [0.717, 1.165) is 91.8 Å². The molecular weight excluding hydrogens is 992 g/mol. The lowest BCUT2D eigenvalue weighted by Gasteiger charge is -2.18. The minimum atomic E-state index is -0.314. The Bertz CT molecular complexity index is 2900. The smallest absolute Gasteiger partial charge is 0.315 e. The van der Waals surface area contributed by atoms with Crippen molar-refractivity contribution in [3.05, 3.63) is 159 Å². The van der Waals surface area contributed by atoms with E-state index in [9.17, 15) is 9.59 Å². The number of β-amino-alcohol motifs (C(OH)–C–C–N with tert-alkyl or cyclic N) is 1. The Morgan fingerprint density at radius 1 is 0.589 bits per heavy atom. The van der Waals surface area contributed by atoms with E-state index < -0.39 is 0 Å². The van der Waals surface area contributed by atoms with Crippen LogP contribution in [-0.4, -0.2) is 89.3 Å². The largest absolute Gasteiger partial charge is 0.464 e. The Hall–Kier alpha value is -5.24. The van der Waals surface area contributed by atoms with E-state index in [1.165, 1.54) is 38.8 Å². The van der Waals surface area contributed by atoms with Gasteiger partial charge in [0.05, 0.1) is 19.4 Å². The van der Waals surface area contributed by atoms with Crippen molar-refractivity contribution in [1.82, 2.24) is 19.8 Å². The fourth-order valence-electron chi connectivity index (χ4n) is 8.52. The molecule has 2 saturated heterocycles. The first-order valence-electron chi connectivity index (χ1n) is 25.2. The third-order valence-corrected chi connectivity index (χ3v) is 15.2. The fraction of sp³-hybridized carbons (Fsp3) is 0.367. The molecule has 0 bridgehead atoms. The summed E-state index contributed by atoms with van der Waals surface area (Å²) in [4.78, 5) is 40.3. The summed E-state index contributed by atoms with van der Waals surface area (Å²) in [7, 11) is 0. The van der Waals surface area contributed by atoms with Gasteiger partial charge in [-0.1, -0.05) is 107 Å². The van der Waals surface area contributed by atoms with Crippen molar-refractivity contribution < 1.29 is 24.2 Å². The van der Waals surface area contributed by atoms with Crippen molar-refractivity contribution in [2.24, 2.45) is 0 Å². The van der Waals surface area contributed by atoms with Gasteiger partial charge >= 0.3 is 11.9 Å². The molecule has 13 heteroatoms. The van der Waals surface area contributed by atoms with Crippen LogP contribution in [0.1, 0.15) is 89.7 Å². The van der Waals surface area contributed by atoms with E-state index in [4.69, 9.17) is 37.8 Å². The van der Waals surface area contributed by atoms with Gasteiger partial charge in [0.25, 0.3) is 0 Å². The summed E-state index contributed by atoms with van der Waals surface area (Å²) >= 11 is 16.5. The zero-order valence-electron chi connectivity index (χ0n) is 43.0. The number of rotatable bonds is 14. The molecular formula is C60H68Cl2N4O5S2. The number of pyridine rings is 2. The van der Waals surface area contributed by atoms with Crippen LogP contribution in [0.3, 0.4) is 0 Å². The van der Waals surface area contributed by atoms with E-state index >= 15 is 0 Å². The molecule has 3 aromatic carbocycles. The summed E-state index contributed by atoms with van der Waals surface area (Å²) in [5.74, 6) is 0.0200. The number of esters is 2. The van der Waals surface area contributed by atoms with Crippen LogP contribution < -0.4 is 4.74 Å². The summed E-state index contributed by atoms with van der Waals surface area (Å²) in [5.41, 5.74) is 10.3. The maximum atomic E-state index is 12.2. The van der Waals surface area contributed by atoms with Crippen molar-refractivity contribution in [2.45, 2.75) is 90.9 Å². The van der Waals surface area contributed by atoms with Gasteiger partial charge in [0.1, 0.15) is 12.4 Å². The topological polar surface area (TPSA) is 105 Å². The number of hydrogen-bond donors (Lipinski definition) is 1. The predicted molar refractivity (Wildman–Crippen MR) is 302 cm³/mol. The Balaban J connectivity index is 0.000000185. The Morgan fingerprint density at radius 2 is 1.05 bits per heavy atom. The van der Waals surface area contributed by atoms with Crippen molar-refractivity contribution >= 4 is 57.8 Å². The van der Waals surface area contributed by atoms with Crippen LogP contribution >= 0.6 is 45.9 Å². The third-order valence-electron chi connectivity index (χ3n) is 12.7. The first-order valence-corrected chi connectivity index (χ1v) is 27.7. The molecule has 0 spiro atoms. The highest BCUT2D eigenvalue weighted by Gasteiger charge is 2.20. The third kappa shape index (κ3) is 16.6. The lowest BCUT2D eigenvalue weighted by Crippen LogP contribution is -2.25. The highest BCUT2D eigenvalue weighted by Crippen LogP contribution is 2.39. The van der Waals surface area contributed by atoms with Gasteiger partial charge in [0.2, 0.25) is 0 Å². The number of carbonyl (C=O) groups excluding carboxylic acids is 2. The highest BCUT2D eigenvalue weighted by molar-refractivity contribution is 7.14. The van der Waals surface area contributed by atoms with Gasteiger partial charge in [-0.15, -0.1) is 22.7 Å². The van der Waals surface area contributed by atoms with E-state index in [1.807, 2.05) is 79.1 Å². The minimum Gasteiger partial charge on any atom is -0.464 e. The van der Waals surface area contributed by atoms with Crippen molar-refractivity contribution in [3.63, 3.8) is 0 Å². The van der Waals surface area contributed by atoms with Gasteiger partial charge in [0.15, 0.2) is 0 Å². The number of thiophene rings is 2. The first kappa shape index (κ1) is 55.5. The zero-order valence-corrected chi connectivity index (χ0v) is 46.1. The first-order chi connectivity index (χ1) is 35.0. The molecule has 9 rings (SSSR count). The van der Waals surface area contributed by atoms with E-state index in [0.29, 0.717) is 29.0 Å². The van der Waals surface area contributed by atoms with Crippen molar-refractivity contribution in [3.8, 4) is 48.9 Å². The second-order valence-corrected chi connectivity index (χ2v) is 23.2. The molecule has 9 nitrogen and oxygen atoms in total. The van der Waals surface area contributed by atoms with Gasteiger partial charge in [-0.25, -0.2) is 0 Å². The average molecular weight is 1060 g/mol. The molecule has 4 aromatic heterocycles. The number of carbonyl (C=O) groups is 2. The number of ether oxygens (including phenoxy) is 2. The molecule has 0 unspecified atom stereocenters. The Kier molecular flexibility index (Phi) is 20.0. The van der Waals surface area contributed by atoms with Crippen LogP contribution in [0.5, 0.6) is 5.75 Å². The number of nitrogens with zero attached hydrogens (tertiary/aromatic N) is 4. The van der Waals surface area contributed by atoms with Crippen LogP contribution in [0, 0.1) is 0 Å². The van der Waals surface area contributed by atoms with Crippen LogP contribution in [0.15, 0.2) is 126 Å². The number of aliphatic hydroxyl groups is 1. The molecule has 6 heterocycles. The number of halogens is 2. The molecule has 0 amide bonds. The summed E-state index contributed by atoms with van der Waals surface area (Å²) in [6.45, 7) is 20.1. The molecule has 0 aliphatic carbocycles. The maximum absolute atomic E-state index is 12.2. The number of aromatic nitrogens is 2. The quantitative estimate of drug-likeness (QED) is 0.0842. The monoisotopic (exact) mass is 1060 g/mol. The second-order valence-electron chi connectivity index (χ2n) is 20.6. The standard InChI is InChI=1S/C27H31ClN2O2S.C27H24ClNO2S.C6H13NO/c1-27(2,3)25-17-20(8-9-29-25)21-16-24(33-18-21)22-7-6-19(14-23(22)28)15-26(31)32-13-12-30-10-4-5-11-30;1-27(2,3)25-16-19(11-12-29-25)20-15-24(32-17-20)22-10-9-18(13-23(22)28)14-26(30)31-21-7-5-4-6-8-21;8-6-5-7-3-1-2-4-7/h6-9,14,16-18H,4-5,10-13,15H2,1-3H3;4-13,15-17H,14H2,1-3H3;8H,1-6H2. The fourth-order valence-corrected chi connectivity index (χ4v) is 11.2. The molecule has 2 aliphatic heterocycles. The van der Waals surface area contributed by atoms with Crippen molar-refractivity contribution in [1.29, 1.82) is 0 Å². The van der Waals surface area contributed by atoms with E-state index in [2.05, 4.69) is 96.3 Å². The normalized spacial score (nSPS) is 14.0. The maximum Gasteiger partial charge on any atom is 0.315 e. The van der Waals surface area contributed by atoms with Crippen molar-refractivity contribution in [2.75, 3.05) is 52.5 Å². The van der Waals surface area contributed by atoms with Gasteiger partial charge in [-0.2, -0.15) is 0 Å². The van der Waals surface area contributed by atoms with E-state index in [-0.39, 0.29) is 35.6 Å². The summed E-state index contributed by atoms with van der Waals surface area (Å²) in [6.07, 6.45) is 9.26. The molecule has 2 fully saturated rings. The minimum absolute atomic E-state index is 0.00330. The van der Waals surface area contributed by atoms with Gasteiger partial charge < -0.3 is 19.5 Å². The molecule has 73 heavy (non-hydrogen) atoms. The molecule has 0 radical (unpaired) electrons. The molecule has 384 valence electrons. The van der Waals surface area contributed by atoms with Crippen LogP contribution in [-0.2, 0) is 38.0 Å². The van der Waals surface area contributed by atoms with Crippen LogP contribution in [0.4, 0.5) is 0 Å². The predicted octanol–water partition coefficient (Wildman–Crippen LogP) is 14.3. The molecule has 2 aliphatic rings. The van der Waals surface area contributed by atoms with Crippen LogP contribution in [0.25, 0.3) is 43.1 Å².